The minimum Gasteiger partial charge on any atom is -0.490 e. The molecule has 22 heavy (non-hydrogen) atoms. The van der Waals surface area contributed by atoms with E-state index in [1.54, 1.807) is 0 Å². The molecule has 0 aliphatic heterocycles. The van der Waals surface area contributed by atoms with Gasteiger partial charge in [-0.2, -0.15) is 0 Å². The summed E-state index contributed by atoms with van der Waals surface area (Å²) in [5, 5.41) is 0. The average Bonchev–Trinajstić information content (AvgIpc) is 2.56. The predicted octanol–water partition coefficient (Wildman–Crippen LogP) is 2.68. The Labute approximate surface area is 131 Å². The minimum atomic E-state index is -1.34. The van der Waals surface area contributed by atoms with Gasteiger partial charge in [0.1, 0.15) is 0 Å². The van der Waals surface area contributed by atoms with E-state index >= 15 is 0 Å². The molecule has 1 aromatic carbocycles. The minimum absolute atomic E-state index is 0.222. The fourth-order valence-electron chi connectivity index (χ4n) is 2.23. The Kier molecular flexibility index (Phi) is 5.24. The third-order valence-electron chi connectivity index (χ3n) is 3.15. The molecule has 4 heteroatoms. The molecular weight excluding hydrogens is 280 g/mol. The van der Waals surface area contributed by atoms with Gasteiger partial charge in [-0.1, -0.05) is 24.1 Å². The first-order valence-corrected chi connectivity index (χ1v) is 7.46. The Morgan fingerprint density at radius 2 is 1.68 bits per heavy atom. The molecule has 0 radical (unpaired) electrons. The molecule has 1 aromatic rings. The largest absolute Gasteiger partial charge is 0.490 e. The van der Waals surface area contributed by atoms with E-state index in [9.17, 15) is 4.79 Å². The zero-order valence-corrected chi connectivity index (χ0v) is 13.1. The quantitative estimate of drug-likeness (QED) is 0.758. The van der Waals surface area contributed by atoms with Crippen LogP contribution in [0.5, 0.6) is 0 Å². The second kappa shape index (κ2) is 7.15. The Hall–Kier alpha value is -2.25. The number of rotatable bonds is 6. The number of Topliss-reactive ketones (excluding diaryl/α,β-unsaturated/α-hetero) is 1. The normalized spacial score (nSPS) is 20.0. The standard InChI is InChI=1S/C18H20O4/c1-4-20-15-16(19)18(22-6-3,17(15)21-5-2)13-12-14-10-8-7-9-11-14/h7-11H,4-6H2,1-3H3. The van der Waals surface area contributed by atoms with E-state index in [1.165, 1.54) is 0 Å². The maximum absolute atomic E-state index is 12.5. The molecule has 116 valence electrons. The summed E-state index contributed by atoms with van der Waals surface area (Å²) in [5.41, 5.74) is -0.527. The second-order valence-corrected chi connectivity index (χ2v) is 4.58. The van der Waals surface area contributed by atoms with Crippen LogP contribution >= 0.6 is 0 Å². The van der Waals surface area contributed by atoms with Crippen molar-refractivity contribution >= 4 is 5.78 Å². The van der Waals surface area contributed by atoms with E-state index in [4.69, 9.17) is 14.2 Å². The Morgan fingerprint density at radius 1 is 1.00 bits per heavy atom. The highest BCUT2D eigenvalue weighted by Gasteiger charge is 2.58. The monoisotopic (exact) mass is 300 g/mol. The molecule has 0 saturated carbocycles. The van der Waals surface area contributed by atoms with Crippen molar-refractivity contribution in [3.8, 4) is 11.8 Å². The van der Waals surface area contributed by atoms with Crippen molar-refractivity contribution in [2.75, 3.05) is 19.8 Å². The SMILES string of the molecule is CCOC1=C(OCC)C(C#Cc2ccccc2)(OCC)C1=O. The fourth-order valence-corrected chi connectivity index (χ4v) is 2.23. The topological polar surface area (TPSA) is 44.8 Å². The summed E-state index contributed by atoms with van der Waals surface area (Å²) in [7, 11) is 0. The van der Waals surface area contributed by atoms with Crippen LogP contribution in [0.3, 0.4) is 0 Å². The highest BCUT2D eigenvalue weighted by Crippen LogP contribution is 2.39. The summed E-state index contributed by atoms with van der Waals surface area (Å²) in [5.74, 6) is 6.26. The van der Waals surface area contributed by atoms with Crippen molar-refractivity contribution in [3.63, 3.8) is 0 Å². The molecule has 0 spiro atoms. The van der Waals surface area contributed by atoms with Crippen LogP contribution in [0.1, 0.15) is 26.3 Å². The van der Waals surface area contributed by atoms with Crippen molar-refractivity contribution in [1.29, 1.82) is 0 Å². The lowest BCUT2D eigenvalue weighted by Gasteiger charge is -2.37. The molecule has 0 amide bonds. The Morgan fingerprint density at radius 3 is 2.27 bits per heavy atom. The van der Waals surface area contributed by atoms with Crippen molar-refractivity contribution in [1.82, 2.24) is 0 Å². The van der Waals surface area contributed by atoms with Gasteiger partial charge < -0.3 is 14.2 Å². The van der Waals surface area contributed by atoms with Crippen LogP contribution in [0.25, 0.3) is 0 Å². The molecular formula is C18H20O4. The zero-order chi connectivity index (χ0) is 16.0. The smallest absolute Gasteiger partial charge is 0.257 e. The molecule has 0 fully saturated rings. The molecule has 0 heterocycles. The molecule has 0 bridgehead atoms. The summed E-state index contributed by atoms with van der Waals surface area (Å²) in [6, 6.07) is 9.46. The van der Waals surface area contributed by atoms with Gasteiger partial charge in [0.25, 0.3) is 11.4 Å². The number of hydrogen-bond acceptors (Lipinski definition) is 4. The van der Waals surface area contributed by atoms with Gasteiger partial charge >= 0.3 is 0 Å². The fraction of sp³-hybridized carbons (Fsp3) is 0.389. The van der Waals surface area contributed by atoms with Crippen molar-refractivity contribution < 1.29 is 19.0 Å². The van der Waals surface area contributed by atoms with Crippen molar-refractivity contribution in [2.24, 2.45) is 0 Å². The number of benzene rings is 1. The van der Waals surface area contributed by atoms with Crippen LogP contribution in [0.15, 0.2) is 41.9 Å². The molecule has 0 N–H and O–H groups in total. The lowest BCUT2D eigenvalue weighted by atomic mass is 9.82. The van der Waals surface area contributed by atoms with Gasteiger partial charge in [0.05, 0.1) is 13.2 Å². The van der Waals surface area contributed by atoms with Gasteiger partial charge in [0.15, 0.2) is 5.76 Å². The summed E-state index contributed by atoms with van der Waals surface area (Å²) >= 11 is 0. The first-order valence-electron chi connectivity index (χ1n) is 7.46. The maximum atomic E-state index is 12.5. The van der Waals surface area contributed by atoms with E-state index < -0.39 is 5.60 Å². The van der Waals surface area contributed by atoms with E-state index in [-0.39, 0.29) is 11.5 Å². The number of ketones is 1. The van der Waals surface area contributed by atoms with Gasteiger partial charge in [0.2, 0.25) is 5.76 Å². The number of hydrogen-bond donors (Lipinski definition) is 0. The van der Waals surface area contributed by atoms with Gasteiger partial charge in [-0.3, -0.25) is 4.79 Å². The predicted molar refractivity (Wildman–Crippen MR) is 83.0 cm³/mol. The van der Waals surface area contributed by atoms with E-state index in [0.717, 1.165) is 5.56 Å². The molecule has 1 aliphatic rings. The van der Waals surface area contributed by atoms with E-state index in [0.29, 0.717) is 25.6 Å². The van der Waals surface area contributed by atoms with Crippen LogP contribution < -0.4 is 0 Å². The summed E-state index contributed by atoms with van der Waals surface area (Å²) in [6.45, 7) is 6.65. The Bertz CT molecular complexity index is 621. The lowest BCUT2D eigenvalue weighted by molar-refractivity contribution is -0.146. The van der Waals surface area contributed by atoms with Gasteiger partial charge in [0, 0.05) is 12.2 Å². The molecule has 0 aromatic heterocycles. The highest BCUT2D eigenvalue weighted by molar-refractivity contribution is 6.13. The number of carbonyl (C=O) groups excluding carboxylic acids is 1. The van der Waals surface area contributed by atoms with Crippen molar-refractivity contribution in [2.45, 2.75) is 26.4 Å². The van der Waals surface area contributed by atoms with Gasteiger partial charge in [-0.05, 0) is 38.8 Å². The third-order valence-corrected chi connectivity index (χ3v) is 3.15. The Balaban J connectivity index is 2.41. The molecule has 0 saturated heterocycles. The average molecular weight is 300 g/mol. The van der Waals surface area contributed by atoms with Crippen molar-refractivity contribution in [3.05, 3.63) is 47.4 Å². The lowest BCUT2D eigenvalue weighted by Crippen LogP contribution is -2.53. The van der Waals surface area contributed by atoms with Crippen LogP contribution in [0.2, 0.25) is 0 Å². The molecule has 1 aliphatic carbocycles. The highest BCUT2D eigenvalue weighted by atomic mass is 16.6. The second-order valence-electron chi connectivity index (χ2n) is 4.58. The van der Waals surface area contributed by atoms with E-state index in [2.05, 4.69) is 11.8 Å². The van der Waals surface area contributed by atoms with Gasteiger partial charge in [-0.15, -0.1) is 0 Å². The maximum Gasteiger partial charge on any atom is 0.257 e. The number of carbonyl (C=O) groups is 1. The molecule has 4 nitrogen and oxygen atoms in total. The van der Waals surface area contributed by atoms with E-state index in [1.807, 2.05) is 51.1 Å². The van der Waals surface area contributed by atoms with Crippen LogP contribution in [-0.4, -0.2) is 31.2 Å². The third kappa shape index (κ3) is 2.86. The van der Waals surface area contributed by atoms with Crippen LogP contribution in [0.4, 0.5) is 0 Å². The summed E-state index contributed by atoms with van der Waals surface area (Å²) < 4.78 is 16.6. The molecule has 1 atom stereocenters. The molecule has 1 unspecified atom stereocenters. The summed E-state index contributed by atoms with van der Waals surface area (Å²) in [6.07, 6.45) is 0. The first kappa shape index (κ1) is 16.1. The zero-order valence-electron chi connectivity index (χ0n) is 13.1. The van der Waals surface area contributed by atoms with Gasteiger partial charge in [-0.25, -0.2) is 0 Å². The van der Waals surface area contributed by atoms with Crippen LogP contribution in [0, 0.1) is 11.8 Å². The van der Waals surface area contributed by atoms with Crippen LogP contribution in [-0.2, 0) is 19.0 Å². The molecule has 2 rings (SSSR count). The number of ether oxygens (including phenoxy) is 3. The summed E-state index contributed by atoms with van der Waals surface area (Å²) in [4.78, 5) is 12.5. The first-order chi connectivity index (χ1) is 10.7.